The first-order chi connectivity index (χ1) is 7.59. The van der Waals surface area contributed by atoms with Crippen LogP contribution in [0.3, 0.4) is 0 Å². The third-order valence-electron chi connectivity index (χ3n) is 3.44. The summed E-state index contributed by atoms with van der Waals surface area (Å²) in [6.07, 6.45) is 5.49. The highest BCUT2D eigenvalue weighted by Gasteiger charge is 2.20. The van der Waals surface area contributed by atoms with E-state index in [2.05, 4.69) is 12.2 Å². The smallest absolute Gasteiger partial charge is 0.306 e. The lowest BCUT2D eigenvalue weighted by Gasteiger charge is -2.29. The molecule has 0 aromatic rings. The fourth-order valence-corrected chi connectivity index (χ4v) is 2.40. The van der Waals surface area contributed by atoms with Gasteiger partial charge in [0.2, 0.25) is 0 Å². The summed E-state index contributed by atoms with van der Waals surface area (Å²) in [4.78, 5) is 10.4. The predicted molar refractivity (Wildman–Crippen MR) is 62.3 cm³/mol. The summed E-state index contributed by atoms with van der Waals surface area (Å²) < 4.78 is 0. The van der Waals surface area contributed by atoms with E-state index in [0.717, 1.165) is 0 Å². The number of hydrogen-bond acceptors (Lipinski definition) is 3. The van der Waals surface area contributed by atoms with Gasteiger partial charge in [-0.25, -0.2) is 0 Å². The molecular formula is C12H23NO3. The number of carboxylic acids is 1. The molecule has 3 N–H and O–H groups in total. The third-order valence-corrected chi connectivity index (χ3v) is 3.44. The van der Waals surface area contributed by atoms with Crippen molar-refractivity contribution in [1.82, 2.24) is 5.32 Å². The molecule has 1 unspecified atom stereocenters. The Morgan fingerprint density at radius 1 is 1.38 bits per heavy atom. The molecule has 16 heavy (non-hydrogen) atoms. The van der Waals surface area contributed by atoms with Crippen LogP contribution in [-0.4, -0.2) is 34.9 Å². The van der Waals surface area contributed by atoms with Crippen molar-refractivity contribution < 1.29 is 15.0 Å². The van der Waals surface area contributed by atoms with E-state index in [1.807, 2.05) is 0 Å². The van der Waals surface area contributed by atoms with E-state index in [0.29, 0.717) is 18.5 Å². The molecule has 0 radical (unpaired) electrons. The molecule has 0 aromatic heterocycles. The second-order valence-corrected chi connectivity index (χ2v) is 4.85. The van der Waals surface area contributed by atoms with Crippen molar-refractivity contribution in [2.45, 2.75) is 57.6 Å². The van der Waals surface area contributed by atoms with Crippen molar-refractivity contribution in [2.75, 3.05) is 6.54 Å². The number of aliphatic carboxylic acids is 1. The van der Waals surface area contributed by atoms with Gasteiger partial charge in [-0.3, -0.25) is 4.79 Å². The monoisotopic (exact) mass is 229 g/mol. The van der Waals surface area contributed by atoms with E-state index in [4.69, 9.17) is 5.11 Å². The summed E-state index contributed by atoms with van der Waals surface area (Å²) in [5.74, 6) is -0.259. The molecule has 1 rings (SSSR count). The van der Waals surface area contributed by atoms with Crippen LogP contribution in [0.5, 0.6) is 0 Å². The molecule has 4 nitrogen and oxygen atoms in total. The van der Waals surface area contributed by atoms with Gasteiger partial charge in [-0.15, -0.1) is 0 Å². The molecule has 0 bridgehead atoms. The first kappa shape index (κ1) is 13.5. The molecule has 4 heteroatoms. The Labute approximate surface area is 97.0 Å². The minimum absolute atomic E-state index is 0.176. The second kappa shape index (κ2) is 6.86. The normalized spacial score (nSPS) is 21.6. The summed E-state index contributed by atoms with van der Waals surface area (Å²) in [6, 6.07) is 0.378. The number of carboxylic acid groups (broad SMARTS) is 1. The molecule has 1 fully saturated rings. The van der Waals surface area contributed by atoms with Crippen LogP contribution in [0.25, 0.3) is 0 Å². The SMILES string of the molecule is C[C@@H](NCC(O)CC(=O)O)C1CCCCC1. The van der Waals surface area contributed by atoms with Crippen molar-refractivity contribution >= 4 is 5.97 Å². The lowest BCUT2D eigenvalue weighted by molar-refractivity contribution is -0.139. The quantitative estimate of drug-likeness (QED) is 0.643. The van der Waals surface area contributed by atoms with E-state index in [1.165, 1.54) is 32.1 Å². The average molecular weight is 229 g/mol. The van der Waals surface area contributed by atoms with Crippen LogP contribution in [-0.2, 0) is 4.79 Å². The van der Waals surface area contributed by atoms with E-state index < -0.39 is 12.1 Å². The van der Waals surface area contributed by atoms with E-state index >= 15 is 0 Å². The van der Waals surface area contributed by atoms with Gasteiger partial charge < -0.3 is 15.5 Å². The van der Waals surface area contributed by atoms with Gasteiger partial charge >= 0.3 is 5.97 Å². The number of aliphatic hydroxyl groups is 1. The van der Waals surface area contributed by atoms with Crippen LogP contribution in [0.15, 0.2) is 0 Å². The molecular weight excluding hydrogens is 206 g/mol. The van der Waals surface area contributed by atoms with Gasteiger partial charge in [0.1, 0.15) is 0 Å². The Morgan fingerprint density at radius 3 is 2.56 bits per heavy atom. The van der Waals surface area contributed by atoms with Crippen LogP contribution >= 0.6 is 0 Å². The number of nitrogens with one attached hydrogen (secondary N) is 1. The zero-order chi connectivity index (χ0) is 12.0. The summed E-state index contributed by atoms with van der Waals surface area (Å²) in [6.45, 7) is 2.51. The number of aliphatic hydroxyl groups excluding tert-OH is 1. The highest BCUT2D eigenvalue weighted by Crippen LogP contribution is 2.26. The fourth-order valence-electron chi connectivity index (χ4n) is 2.40. The maximum absolute atomic E-state index is 10.4. The van der Waals surface area contributed by atoms with Crippen molar-refractivity contribution in [3.63, 3.8) is 0 Å². The molecule has 0 saturated heterocycles. The van der Waals surface area contributed by atoms with Crippen molar-refractivity contribution in [1.29, 1.82) is 0 Å². The highest BCUT2D eigenvalue weighted by molar-refractivity contribution is 5.67. The number of hydrogen-bond donors (Lipinski definition) is 3. The molecule has 0 aromatic carbocycles. The van der Waals surface area contributed by atoms with Crippen LogP contribution < -0.4 is 5.32 Å². The van der Waals surface area contributed by atoms with Crippen LogP contribution in [0, 0.1) is 5.92 Å². The predicted octanol–water partition coefficient (Wildman–Crippen LogP) is 1.38. The lowest BCUT2D eigenvalue weighted by Crippen LogP contribution is -2.39. The number of rotatable bonds is 6. The average Bonchev–Trinajstić information content (AvgIpc) is 2.26. The maximum atomic E-state index is 10.4. The van der Waals surface area contributed by atoms with Gasteiger partial charge in [0.25, 0.3) is 0 Å². The van der Waals surface area contributed by atoms with Gasteiger partial charge in [-0.2, -0.15) is 0 Å². The molecule has 0 spiro atoms. The van der Waals surface area contributed by atoms with Gasteiger partial charge in [0.05, 0.1) is 12.5 Å². The summed E-state index contributed by atoms with van der Waals surface area (Å²) in [5.41, 5.74) is 0. The Kier molecular flexibility index (Phi) is 5.77. The fraction of sp³-hybridized carbons (Fsp3) is 0.917. The molecule has 0 aliphatic heterocycles. The minimum atomic E-state index is -0.945. The standard InChI is InChI=1S/C12H23NO3/c1-9(10-5-3-2-4-6-10)13-8-11(14)7-12(15)16/h9-11,13-14H,2-8H2,1H3,(H,15,16)/t9-,11?/m1/s1. The lowest BCUT2D eigenvalue weighted by atomic mass is 9.84. The Morgan fingerprint density at radius 2 is 2.00 bits per heavy atom. The van der Waals surface area contributed by atoms with Crippen LogP contribution in [0.2, 0.25) is 0 Å². The molecule has 1 aliphatic carbocycles. The van der Waals surface area contributed by atoms with Crippen molar-refractivity contribution in [3.8, 4) is 0 Å². The van der Waals surface area contributed by atoms with Gasteiger partial charge in [0.15, 0.2) is 0 Å². The highest BCUT2D eigenvalue weighted by atomic mass is 16.4. The summed E-state index contributed by atoms with van der Waals surface area (Å²) in [5, 5.41) is 21.2. The van der Waals surface area contributed by atoms with E-state index in [1.54, 1.807) is 0 Å². The molecule has 2 atom stereocenters. The third kappa shape index (κ3) is 4.94. The molecule has 1 aliphatic rings. The van der Waals surface area contributed by atoms with Crippen molar-refractivity contribution in [3.05, 3.63) is 0 Å². The van der Waals surface area contributed by atoms with Gasteiger partial charge in [-0.1, -0.05) is 19.3 Å². The Bertz CT molecular complexity index is 214. The maximum Gasteiger partial charge on any atom is 0.306 e. The van der Waals surface area contributed by atoms with Crippen LogP contribution in [0.4, 0.5) is 0 Å². The molecule has 1 saturated carbocycles. The summed E-state index contributed by atoms with van der Waals surface area (Å²) in [7, 11) is 0. The first-order valence-electron chi connectivity index (χ1n) is 6.23. The Hall–Kier alpha value is -0.610. The van der Waals surface area contributed by atoms with E-state index in [9.17, 15) is 9.90 Å². The zero-order valence-corrected chi connectivity index (χ0v) is 9.98. The zero-order valence-electron chi connectivity index (χ0n) is 9.98. The summed E-state index contributed by atoms with van der Waals surface area (Å²) >= 11 is 0. The molecule has 0 amide bonds. The van der Waals surface area contributed by atoms with Crippen molar-refractivity contribution in [2.24, 2.45) is 5.92 Å². The first-order valence-corrected chi connectivity index (χ1v) is 6.23. The topological polar surface area (TPSA) is 69.6 Å². The largest absolute Gasteiger partial charge is 0.481 e. The van der Waals surface area contributed by atoms with Gasteiger partial charge in [-0.05, 0) is 25.7 Å². The minimum Gasteiger partial charge on any atom is -0.481 e. The number of carbonyl (C=O) groups is 1. The second-order valence-electron chi connectivity index (χ2n) is 4.85. The molecule has 94 valence electrons. The van der Waals surface area contributed by atoms with Gasteiger partial charge in [0, 0.05) is 12.6 Å². The Balaban J connectivity index is 2.17. The molecule has 0 heterocycles. The van der Waals surface area contributed by atoms with Crippen LogP contribution in [0.1, 0.15) is 45.4 Å². The van der Waals surface area contributed by atoms with E-state index in [-0.39, 0.29) is 6.42 Å².